The predicted octanol–water partition coefficient (Wildman–Crippen LogP) is 3.31. The van der Waals surface area contributed by atoms with Crippen molar-refractivity contribution in [2.45, 2.75) is 6.42 Å². The normalized spacial score (nSPS) is 13.8. The van der Waals surface area contributed by atoms with Gasteiger partial charge in [0.1, 0.15) is 0 Å². The lowest BCUT2D eigenvalue weighted by molar-refractivity contribution is 1.19. The summed E-state index contributed by atoms with van der Waals surface area (Å²) in [5.41, 5.74) is 4.11. The zero-order valence-electron chi connectivity index (χ0n) is 9.20. The highest BCUT2D eigenvalue weighted by molar-refractivity contribution is 6.23. The number of hydrogen-bond donors (Lipinski definition) is 1. The Morgan fingerprint density at radius 3 is 2.82 bits per heavy atom. The van der Waals surface area contributed by atoms with Gasteiger partial charge in [-0.3, -0.25) is 4.98 Å². The van der Waals surface area contributed by atoms with E-state index in [9.17, 15) is 0 Å². The van der Waals surface area contributed by atoms with Gasteiger partial charge >= 0.3 is 0 Å². The molecular weight excluding hydrogens is 208 g/mol. The average molecular weight is 218 g/mol. The van der Waals surface area contributed by atoms with E-state index >= 15 is 0 Å². The molecule has 1 aliphatic carbocycles. The Labute approximate surface area is 98.4 Å². The molecule has 1 aliphatic rings. The largest absolute Gasteiger partial charge is 0.304 e. The average Bonchev–Trinajstić information content (AvgIpc) is 2.36. The maximum absolute atomic E-state index is 7.94. The van der Waals surface area contributed by atoms with Gasteiger partial charge in [0.25, 0.3) is 0 Å². The molecule has 17 heavy (non-hydrogen) atoms. The van der Waals surface area contributed by atoms with Crippen molar-refractivity contribution in [3.05, 3.63) is 53.7 Å². The highest BCUT2D eigenvalue weighted by Gasteiger charge is 2.23. The standard InChI is InChI=1S/C15H10N2/c16-12-7-9-5-6-13-15(14(9)12)11-4-2-1-3-10(11)8-17-13/h1-6,8,16H,7H2. The van der Waals surface area contributed by atoms with E-state index in [1.54, 1.807) is 0 Å². The number of nitrogens with one attached hydrogen (secondary N) is 1. The second kappa shape index (κ2) is 2.92. The SMILES string of the molecule is N=C1Cc2ccc3ncc4ccccc4c3c21. The van der Waals surface area contributed by atoms with E-state index in [0.717, 1.165) is 34.0 Å². The number of nitrogens with zero attached hydrogens (tertiary/aromatic N) is 1. The zero-order chi connectivity index (χ0) is 11.4. The van der Waals surface area contributed by atoms with Crippen molar-refractivity contribution in [3.8, 4) is 0 Å². The molecule has 4 rings (SSSR count). The Hall–Kier alpha value is -2.22. The summed E-state index contributed by atoms with van der Waals surface area (Å²) in [6.07, 6.45) is 2.71. The van der Waals surface area contributed by atoms with Gasteiger partial charge in [-0.15, -0.1) is 0 Å². The first-order valence-electron chi connectivity index (χ1n) is 5.72. The molecule has 0 unspecified atom stereocenters. The molecule has 0 atom stereocenters. The van der Waals surface area contributed by atoms with Gasteiger partial charge in [-0.2, -0.15) is 0 Å². The van der Waals surface area contributed by atoms with Crippen LogP contribution in [0.2, 0.25) is 0 Å². The monoisotopic (exact) mass is 218 g/mol. The van der Waals surface area contributed by atoms with E-state index in [-0.39, 0.29) is 0 Å². The first kappa shape index (κ1) is 8.88. The minimum atomic E-state index is 0.740. The van der Waals surface area contributed by atoms with Crippen LogP contribution in [-0.4, -0.2) is 10.7 Å². The lowest BCUT2D eigenvalue weighted by Gasteiger charge is -2.22. The highest BCUT2D eigenvalue weighted by atomic mass is 14.7. The molecule has 1 aromatic heterocycles. The number of aromatic nitrogens is 1. The molecule has 2 aromatic carbocycles. The Morgan fingerprint density at radius 2 is 1.94 bits per heavy atom. The van der Waals surface area contributed by atoms with E-state index in [1.807, 2.05) is 18.3 Å². The Kier molecular flexibility index (Phi) is 1.52. The molecule has 1 heterocycles. The third-order valence-electron chi connectivity index (χ3n) is 3.51. The predicted molar refractivity (Wildman–Crippen MR) is 69.8 cm³/mol. The summed E-state index contributed by atoms with van der Waals surface area (Å²) < 4.78 is 0. The maximum Gasteiger partial charge on any atom is 0.0715 e. The number of fused-ring (bicyclic) bond motifs is 5. The third-order valence-corrected chi connectivity index (χ3v) is 3.51. The molecule has 80 valence electrons. The molecule has 2 nitrogen and oxygen atoms in total. The van der Waals surface area contributed by atoms with Crippen molar-refractivity contribution in [1.29, 1.82) is 5.41 Å². The highest BCUT2D eigenvalue weighted by Crippen LogP contribution is 2.34. The van der Waals surface area contributed by atoms with Crippen molar-refractivity contribution in [2.75, 3.05) is 0 Å². The van der Waals surface area contributed by atoms with Gasteiger partial charge in [0, 0.05) is 34.7 Å². The van der Waals surface area contributed by atoms with Crippen molar-refractivity contribution >= 4 is 27.4 Å². The quantitative estimate of drug-likeness (QED) is 0.577. The molecule has 0 spiro atoms. The fraction of sp³-hybridized carbons (Fsp3) is 0.0667. The molecule has 0 fully saturated rings. The van der Waals surface area contributed by atoms with E-state index in [1.165, 1.54) is 10.9 Å². The van der Waals surface area contributed by atoms with Crippen molar-refractivity contribution < 1.29 is 0 Å². The number of benzene rings is 2. The molecule has 0 amide bonds. The van der Waals surface area contributed by atoms with Gasteiger partial charge in [0.2, 0.25) is 0 Å². The molecule has 0 saturated carbocycles. The Bertz CT molecular complexity index is 787. The third kappa shape index (κ3) is 1.04. The van der Waals surface area contributed by atoms with Crippen molar-refractivity contribution in [1.82, 2.24) is 4.98 Å². The fourth-order valence-electron chi connectivity index (χ4n) is 2.66. The number of rotatable bonds is 0. The Morgan fingerprint density at radius 1 is 1.06 bits per heavy atom. The van der Waals surface area contributed by atoms with Crippen molar-refractivity contribution in [3.63, 3.8) is 0 Å². The first-order valence-corrected chi connectivity index (χ1v) is 5.72. The van der Waals surface area contributed by atoms with Gasteiger partial charge in [-0.25, -0.2) is 0 Å². The van der Waals surface area contributed by atoms with E-state index < -0.39 is 0 Å². The smallest absolute Gasteiger partial charge is 0.0715 e. The summed E-state index contributed by atoms with van der Waals surface area (Å²) in [6, 6.07) is 12.4. The van der Waals surface area contributed by atoms with Crippen LogP contribution in [0.1, 0.15) is 11.1 Å². The van der Waals surface area contributed by atoms with Crippen LogP contribution in [0.25, 0.3) is 21.7 Å². The molecule has 2 heteroatoms. The van der Waals surface area contributed by atoms with Crippen LogP contribution in [0.5, 0.6) is 0 Å². The first-order chi connectivity index (χ1) is 8.34. The Balaban J connectivity index is 2.32. The van der Waals surface area contributed by atoms with Gasteiger partial charge in [-0.05, 0) is 17.0 Å². The number of hydrogen-bond acceptors (Lipinski definition) is 2. The molecule has 0 radical (unpaired) electrons. The maximum atomic E-state index is 7.94. The summed E-state index contributed by atoms with van der Waals surface area (Å²) >= 11 is 0. The molecule has 1 N–H and O–H groups in total. The minimum absolute atomic E-state index is 0.740. The lowest BCUT2D eigenvalue weighted by atomic mass is 9.82. The van der Waals surface area contributed by atoms with Crippen LogP contribution in [-0.2, 0) is 6.42 Å². The summed E-state index contributed by atoms with van der Waals surface area (Å²) in [5.74, 6) is 0. The fourth-order valence-corrected chi connectivity index (χ4v) is 2.66. The van der Waals surface area contributed by atoms with Crippen LogP contribution < -0.4 is 0 Å². The summed E-state index contributed by atoms with van der Waals surface area (Å²) in [4.78, 5) is 4.48. The van der Waals surface area contributed by atoms with E-state index in [4.69, 9.17) is 5.41 Å². The molecule has 3 aromatic rings. The zero-order valence-corrected chi connectivity index (χ0v) is 9.20. The molecular formula is C15H10N2. The lowest BCUT2D eigenvalue weighted by Crippen LogP contribution is -2.19. The van der Waals surface area contributed by atoms with Crippen LogP contribution >= 0.6 is 0 Å². The van der Waals surface area contributed by atoms with Gasteiger partial charge in [-0.1, -0.05) is 30.3 Å². The molecule has 0 saturated heterocycles. The topological polar surface area (TPSA) is 36.7 Å². The van der Waals surface area contributed by atoms with Gasteiger partial charge in [0.05, 0.1) is 5.52 Å². The second-order valence-corrected chi connectivity index (χ2v) is 4.49. The summed E-state index contributed by atoms with van der Waals surface area (Å²) in [5, 5.41) is 11.4. The molecule has 0 bridgehead atoms. The molecule has 0 aliphatic heterocycles. The van der Waals surface area contributed by atoms with Crippen LogP contribution in [0.3, 0.4) is 0 Å². The summed E-state index contributed by atoms with van der Waals surface area (Å²) in [6.45, 7) is 0. The van der Waals surface area contributed by atoms with Gasteiger partial charge < -0.3 is 5.41 Å². The van der Waals surface area contributed by atoms with Gasteiger partial charge in [0.15, 0.2) is 0 Å². The van der Waals surface area contributed by atoms with E-state index in [2.05, 4.69) is 29.2 Å². The van der Waals surface area contributed by atoms with E-state index in [0.29, 0.717) is 0 Å². The van der Waals surface area contributed by atoms with Crippen LogP contribution in [0.4, 0.5) is 0 Å². The second-order valence-electron chi connectivity index (χ2n) is 4.49. The minimum Gasteiger partial charge on any atom is -0.304 e. The number of pyridine rings is 1. The summed E-state index contributed by atoms with van der Waals surface area (Å²) in [7, 11) is 0. The van der Waals surface area contributed by atoms with Crippen LogP contribution in [0.15, 0.2) is 42.6 Å². The van der Waals surface area contributed by atoms with Crippen molar-refractivity contribution in [2.24, 2.45) is 0 Å². The van der Waals surface area contributed by atoms with Crippen LogP contribution in [0, 0.1) is 5.41 Å².